The quantitative estimate of drug-likeness (QED) is 0.164. The Hall–Kier alpha value is -5.80. The van der Waals surface area contributed by atoms with Gasteiger partial charge in [0.25, 0.3) is 0 Å². The van der Waals surface area contributed by atoms with Gasteiger partial charge in [0.1, 0.15) is 0 Å². The van der Waals surface area contributed by atoms with Crippen molar-refractivity contribution in [2.45, 2.75) is 0 Å². The lowest BCUT2D eigenvalue weighted by Gasteiger charge is -2.19. The fourth-order valence-corrected chi connectivity index (χ4v) is 10.6. The summed E-state index contributed by atoms with van der Waals surface area (Å²) in [7, 11) is 0. The van der Waals surface area contributed by atoms with Crippen LogP contribution in [0.4, 0.5) is 0 Å². The van der Waals surface area contributed by atoms with Gasteiger partial charge in [-0.3, -0.25) is 0 Å². The van der Waals surface area contributed by atoms with E-state index >= 15 is 0 Å². The lowest BCUT2D eigenvalue weighted by Crippen LogP contribution is -1.92. The summed E-state index contributed by atoms with van der Waals surface area (Å²) in [6.07, 6.45) is 0. The van der Waals surface area contributed by atoms with Crippen molar-refractivity contribution < 1.29 is 0 Å². The molecule has 2 heteroatoms. The molecule has 232 valence electrons. The third kappa shape index (κ3) is 4.10. The van der Waals surface area contributed by atoms with Crippen LogP contribution in [0, 0.1) is 0 Å². The van der Waals surface area contributed by atoms with E-state index in [0.717, 1.165) is 0 Å². The van der Waals surface area contributed by atoms with Gasteiger partial charge in [-0.15, -0.1) is 22.7 Å². The summed E-state index contributed by atoms with van der Waals surface area (Å²) in [5.41, 5.74) is 7.64. The molecule has 0 aliphatic heterocycles. The average molecular weight is 669 g/mol. The van der Waals surface area contributed by atoms with Gasteiger partial charge in [0.05, 0.1) is 0 Å². The van der Waals surface area contributed by atoms with E-state index in [1.807, 2.05) is 22.7 Å². The minimum absolute atomic E-state index is 1.25. The van der Waals surface area contributed by atoms with Crippen molar-refractivity contribution in [3.63, 3.8) is 0 Å². The van der Waals surface area contributed by atoms with Crippen LogP contribution in [0.3, 0.4) is 0 Å². The summed E-state index contributed by atoms with van der Waals surface area (Å²) < 4.78 is 5.41. The lowest BCUT2D eigenvalue weighted by atomic mass is 9.84. The first kappa shape index (κ1) is 28.1. The van der Waals surface area contributed by atoms with E-state index in [0.29, 0.717) is 0 Å². The third-order valence-corrected chi connectivity index (χ3v) is 12.7. The summed E-state index contributed by atoms with van der Waals surface area (Å²) in [5.74, 6) is 0. The molecule has 0 saturated carbocycles. The van der Waals surface area contributed by atoms with Gasteiger partial charge in [-0.1, -0.05) is 146 Å². The molecule has 2 aromatic heterocycles. The van der Waals surface area contributed by atoms with Gasteiger partial charge in [0.15, 0.2) is 0 Å². The molecule has 11 rings (SSSR count). The number of hydrogen-bond acceptors (Lipinski definition) is 2. The van der Waals surface area contributed by atoms with Crippen molar-refractivity contribution in [1.82, 2.24) is 0 Å². The first-order chi connectivity index (χ1) is 24.8. The van der Waals surface area contributed by atoms with Crippen molar-refractivity contribution >= 4 is 95.3 Å². The largest absolute Gasteiger partial charge is 0.135 e. The van der Waals surface area contributed by atoms with Crippen LogP contribution in [0.25, 0.3) is 106 Å². The standard InChI is InChI=1S/C48H28S2/c1-2-12-29(13-3-1)47-36-17-6-8-19-38(36)48(39-20-9-7-18-37(39)47)40-25-24-31(32-14-4-5-15-33(32)40)30-22-23-35-42-27-41-34-16-10-11-21-43(34)49-45(41)28-46(42)50-44(35)26-30/h1-28H. The molecule has 0 atom stereocenters. The molecule has 0 aliphatic carbocycles. The van der Waals surface area contributed by atoms with Crippen molar-refractivity contribution in [2.75, 3.05) is 0 Å². The Balaban J connectivity index is 1.13. The summed E-state index contributed by atoms with van der Waals surface area (Å²) in [4.78, 5) is 0. The van der Waals surface area contributed by atoms with E-state index in [9.17, 15) is 0 Å². The first-order valence-corrected chi connectivity index (χ1v) is 18.7. The van der Waals surface area contributed by atoms with Gasteiger partial charge >= 0.3 is 0 Å². The van der Waals surface area contributed by atoms with E-state index in [-0.39, 0.29) is 0 Å². The molecule has 0 N–H and O–H groups in total. The van der Waals surface area contributed by atoms with Crippen LogP contribution >= 0.6 is 22.7 Å². The van der Waals surface area contributed by atoms with Crippen molar-refractivity contribution in [2.24, 2.45) is 0 Å². The average Bonchev–Trinajstić information content (AvgIpc) is 3.72. The third-order valence-electron chi connectivity index (χ3n) is 10.5. The van der Waals surface area contributed by atoms with Crippen molar-refractivity contribution in [1.29, 1.82) is 0 Å². The Labute approximate surface area is 297 Å². The van der Waals surface area contributed by atoms with Gasteiger partial charge in [0.2, 0.25) is 0 Å². The van der Waals surface area contributed by atoms with Crippen LogP contribution in [0.2, 0.25) is 0 Å². The molecular formula is C48H28S2. The Morgan fingerprint density at radius 3 is 1.40 bits per heavy atom. The molecule has 2 heterocycles. The Morgan fingerprint density at radius 2 is 0.720 bits per heavy atom. The van der Waals surface area contributed by atoms with E-state index in [1.54, 1.807) is 0 Å². The minimum atomic E-state index is 1.25. The van der Waals surface area contributed by atoms with E-state index in [2.05, 4.69) is 170 Å². The molecule has 0 bridgehead atoms. The van der Waals surface area contributed by atoms with Crippen LogP contribution in [0.15, 0.2) is 170 Å². The van der Waals surface area contributed by atoms with E-state index < -0.39 is 0 Å². The molecular weight excluding hydrogens is 641 g/mol. The topological polar surface area (TPSA) is 0 Å². The zero-order chi connectivity index (χ0) is 32.8. The number of benzene rings is 9. The molecule has 0 aliphatic rings. The van der Waals surface area contributed by atoms with E-state index in [4.69, 9.17) is 0 Å². The van der Waals surface area contributed by atoms with Crippen LogP contribution in [0.1, 0.15) is 0 Å². The highest BCUT2D eigenvalue weighted by molar-refractivity contribution is 7.28. The molecule has 0 saturated heterocycles. The first-order valence-electron chi connectivity index (χ1n) is 17.1. The SMILES string of the molecule is c1ccc(-c2c3ccccc3c(-c3ccc(-c4ccc5c(c4)sc4cc6sc7ccccc7c6cc45)c4ccccc34)c3ccccc23)cc1. The molecule has 50 heavy (non-hydrogen) atoms. The molecule has 0 nitrogen and oxygen atoms in total. The van der Waals surface area contributed by atoms with Gasteiger partial charge in [0, 0.05) is 40.3 Å². The van der Waals surface area contributed by atoms with Crippen LogP contribution < -0.4 is 0 Å². The lowest BCUT2D eigenvalue weighted by molar-refractivity contribution is 1.66. The van der Waals surface area contributed by atoms with Gasteiger partial charge in [-0.2, -0.15) is 0 Å². The molecule has 0 unspecified atom stereocenters. The second-order valence-corrected chi connectivity index (χ2v) is 15.3. The molecule has 0 fully saturated rings. The maximum Gasteiger partial charge on any atom is 0.0369 e. The second kappa shape index (κ2) is 10.9. The fraction of sp³-hybridized carbons (Fsp3) is 0. The summed E-state index contributed by atoms with van der Waals surface area (Å²) in [6, 6.07) is 63.1. The maximum absolute atomic E-state index is 2.42. The maximum atomic E-state index is 2.42. The normalized spacial score (nSPS) is 12.0. The molecule has 11 aromatic rings. The number of fused-ring (bicyclic) bond motifs is 9. The Bertz CT molecular complexity index is 3080. The highest BCUT2D eigenvalue weighted by Crippen LogP contribution is 2.47. The molecule has 0 amide bonds. The highest BCUT2D eigenvalue weighted by atomic mass is 32.1. The van der Waals surface area contributed by atoms with Crippen molar-refractivity contribution in [3.05, 3.63) is 170 Å². The Kier molecular flexibility index (Phi) is 6.09. The van der Waals surface area contributed by atoms with Gasteiger partial charge in [-0.05, 0) is 90.0 Å². The zero-order valence-corrected chi connectivity index (χ0v) is 28.6. The van der Waals surface area contributed by atoms with Crippen LogP contribution in [0.5, 0.6) is 0 Å². The smallest absolute Gasteiger partial charge is 0.0369 e. The number of thiophene rings is 2. The number of hydrogen-bond donors (Lipinski definition) is 0. The Morgan fingerprint density at radius 1 is 0.240 bits per heavy atom. The van der Waals surface area contributed by atoms with E-state index in [1.165, 1.54) is 106 Å². The second-order valence-electron chi connectivity index (χ2n) is 13.2. The molecule has 0 spiro atoms. The van der Waals surface area contributed by atoms with Crippen LogP contribution in [-0.4, -0.2) is 0 Å². The fourth-order valence-electron chi connectivity index (χ4n) is 8.27. The molecule has 9 aromatic carbocycles. The summed E-state index contributed by atoms with van der Waals surface area (Å²) in [6.45, 7) is 0. The highest BCUT2D eigenvalue weighted by Gasteiger charge is 2.19. The zero-order valence-electron chi connectivity index (χ0n) is 27.0. The molecule has 0 radical (unpaired) electrons. The van der Waals surface area contributed by atoms with Crippen molar-refractivity contribution in [3.8, 4) is 33.4 Å². The number of rotatable bonds is 3. The summed E-state index contributed by atoms with van der Waals surface area (Å²) in [5, 5.41) is 13.1. The van der Waals surface area contributed by atoms with Gasteiger partial charge < -0.3 is 0 Å². The predicted octanol–water partition coefficient (Wildman–Crippen LogP) is 14.9. The minimum Gasteiger partial charge on any atom is -0.135 e. The monoisotopic (exact) mass is 668 g/mol. The van der Waals surface area contributed by atoms with Gasteiger partial charge in [-0.25, -0.2) is 0 Å². The predicted molar refractivity (Wildman–Crippen MR) is 221 cm³/mol. The summed E-state index contributed by atoms with van der Waals surface area (Å²) >= 11 is 3.80. The van der Waals surface area contributed by atoms with Crippen LogP contribution in [-0.2, 0) is 0 Å².